The van der Waals surface area contributed by atoms with Gasteiger partial charge in [0.1, 0.15) is 10.7 Å². The first-order chi connectivity index (χ1) is 11.5. The van der Waals surface area contributed by atoms with Gasteiger partial charge in [0.15, 0.2) is 0 Å². The summed E-state index contributed by atoms with van der Waals surface area (Å²) in [5.41, 5.74) is 0. The molecular weight excluding hydrogens is 369 g/mol. The van der Waals surface area contributed by atoms with Gasteiger partial charge >= 0.3 is 0 Å². The summed E-state index contributed by atoms with van der Waals surface area (Å²) in [6.07, 6.45) is 0.890. The number of hydrogen-bond acceptors (Lipinski definition) is 4. The molecule has 0 bridgehead atoms. The third-order valence-electron chi connectivity index (χ3n) is 4.13. The van der Waals surface area contributed by atoms with E-state index in [1.54, 1.807) is 0 Å². The van der Waals surface area contributed by atoms with Crippen molar-refractivity contribution in [3.05, 3.63) is 30.1 Å². The minimum Gasteiger partial charge on any atom is -0.355 e. The second-order valence-electron chi connectivity index (χ2n) is 5.75. The molecule has 142 valence electrons. The van der Waals surface area contributed by atoms with Crippen molar-refractivity contribution in [2.75, 3.05) is 32.7 Å². The van der Waals surface area contributed by atoms with Gasteiger partial charge in [-0.15, -0.1) is 12.4 Å². The van der Waals surface area contributed by atoms with E-state index in [4.69, 9.17) is 0 Å². The number of rotatable bonds is 7. The number of benzene rings is 1. The van der Waals surface area contributed by atoms with Crippen molar-refractivity contribution < 1.29 is 17.6 Å². The van der Waals surface area contributed by atoms with Crippen LogP contribution in [0.15, 0.2) is 29.2 Å². The molecule has 0 aliphatic carbocycles. The van der Waals surface area contributed by atoms with E-state index in [9.17, 15) is 17.6 Å². The molecule has 1 aromatic rings. The van der Waals surface area contributed by atoms with Gasteiger partial charge in [0.05, 0.1) is 0 Å². The Labute approximate surface area is 154 Å². The minimum atomic E-state index is -3.85. The second-order valence-corrected chi connectivity index (χ2v) is 7.66. The van der Waals surface area contributed by atoms with Crippen molar-refractivity contribution in [1.29, 1.82) is 0 Å². The summed E-state index contributed by atoms with van der Waals surface area (Å²) in [4.78, 5) is 11.8. The van der Waals surface area contributed by atoms with Gasteiger partial charge in [-0.2, -0.15) is 4.31 Å². The molecule has 0 atom stereocenters. The van der Waals surface area contributed by atoms with E-state index in [1.807, 2.05) is 6.92 Å². The molecule has 2 N–H and O–H groups in total. The smallest absolute Gasteiger partial charge is 0.245 e. The van der Waals surface area contributed by atoms with Crippen LogP contribution in [0.25, 0.3) is 0 Å². The first kappa shape index (κ1) is 21.8. The molecule has 1 aliphatic rings. The zero-order chi connectivity index (χ0) is 17.6. The highest BCUT2D eigenvalue weighted by atomic mass is 35.5. The van der Waals surface area contributed by atoms with Gasteiger partial charge in [-0.3, -0.25) is 4.79 Å². The van der Waals surface area contributed by atoms with Gasteiger partial charge in [-0.05, 0) is 31.5 Å². The van der Waals surface area contributed by atoms with E-state index >= 15 is 0 Å². The molecule has 1 aromatic carbocycles. The number of nitrogens with zero attached hydrogens (tertiary/aromatic N) is 1. The zero-order valence-corrected chi connectivity index (χ0v) is 15.8. The average molecular weight is 394 g/mol. The number of nitrogens with one attached hydrogen (secondary N) is 2. The largest absolute Gasteiger partial charge is 0.355 e. The monoisotopic (exact) mass is 393 g/mol. The molecule has 0 aromatic heterocycles. The molecule has 0 radical (unpaired) electrons. The van der Waals surface area contributed by atoms with Crippen LogP contribution >= 0.6 is 12.4 Å². The van der Waals surface area contributed by atoms with E-state index in [0.29, 0.717) is 25.9 Å². The lowest BCUT2D eigenvalue weighted by molar-refractivity contribution is -0.126. The normalized spacial score (nSPS) is 16.2. The Bertz CT molecular complexity index is 664. The highest BCUT2D eigenvalue weighted by molar-refractivity contribution is 7.89. The zero-order valence-electron chi connectivity index (χ0n) is 14.2. The fourth-order valence-electron chi connectivity index (χ4n) is 2.75. The summed E-state index contributed by atoms with van der Waals surface area (Å²) in [5.74, 6) is -0.990. The number of likely N-dealkylation sites (N-methyl/N-ethyl adjacent to an activating group) is 1. The lowest BCUT2D eigenvalue weighted by atomic mass is 9.97. The number of sulfonamides is 1. The maximum absolute atomic E-state index is 13.8. The van der Waals surface area contributed by atoms with Crippen LogP contribution in [0.1, 0.15) is 19.8 Å². The Kier molecular flexibility index (Phi) is 8.78. The Morgan fingerprint density at radius 1 is 1.24 bits per heavy atom. The Morgan fingerprint density at radius 3 is 2.48 bits per heavy atom. The first-order valence-electron chi connectivity index (χ1n) is 8.20. The molecule has 1 heterocycles. The van der Waals surface area contributed by atoms with E-state index in [0.717, 1.165) is 12.6 Å². The van der Waals surface area contributed by atoms with Crippen molar-refractivity contribution in [1.82, 2.24) is 14.9 Å². The topological polar surface area (TPSA) is 78.5 Å². The fraction of sp³-hybridized carbons (Fsp3) is 0.562. The van der Waals surface area contributed by atoms with Crippen molar-refractivity contribution in [3.63, 3.8) is 0 Å². The average Bonchev–Trinajstić information content (AvgIpc) is 2.59. The van der Waals surface area contributed by atoms with Gasteiger partial charge < -0.3 is 10.6 Å². The standard InChI is InChI=1S/C16H24FN3O3S.ClH/c1-2-18-9-10-19-16(21)13-7-11-20(12-8-13)24(22,23)15-6-4-3-5-14(15)17;/h3-6,13,18H,2,7-12H2,1H3,(H,19,21);1H. The highest BCUT2D eigenvalue weighted by Gasteiger charge is 2.33. The Morgan fingerprint density at radius 2 is 1.88 bits per heavy atom. The van der Waals surface area contributed by atoms with Crippen LogP contribution in [0.2, 0.25) is 0 Å². The number of carbonyl (C=O) groups is 1. The second kappa shape index (κ2) is 10.1. The third-order valence-corrected chi connectivity index (χ3v) is 6.06. The Balaban J connectivity index is 0.00000312. The molecule has 2 rings (SSSR count). The third kappa shape index (κ3) is 5.64. The van der Waals surface area contributed by atoms with Crippen molar-refractivity contribution >= 4 is 28.3 Å². The van der Waals surface area contributed by atoms with E-state index in [-0.39, 0.29) is 42.2 Å². The molecule has 1 aliphatic heterocycles. The van der Waals surface area contributed by atoms with Crippen LogP contribution in [-0.4, -0.2) is 51.4 Å². The van der Waals surface area contributed by atoms with Gasteiger partial charge in [-0.1, -0.05) is 19.1 Å². The van der Waals surface area contributed by atoms with Crippen LogP contribution in [0.5, 0.6) is 0 Å². The summed E-state index contributed by atoms with van der Waals surface area (Å²) in [6, 6.07) is 5.36. The van der Waals surface area contributed by atoms with E-state index < -0.39 is 15.8 Å². The van der Waals surface area contributed by atoms with Crippen molar-refractivity contribution in [2.45, 2.75) is 24.7 Å². The molecule has 25 heavy (non-hydrogen) atoms. The lowest BCUT2D eigenvalue weighted by Gasteiger charge is -2.30. The lowest BCUT2D eigenvalue weighted by Crippen LogP contribution is -2.44. The first-order valence-corrected chi connectivity index (χ1v) is 9.64. The summed E-state index contributed by atoms with van der Waals surface area (Å²) < 4.78 is 40.0. The number of halogens is 2. The van der Waals surface area contributed by atoms with E-state index in [1.165, 1.54) is 22.5 Å². The number of hydrogen-bond donors (Lipinski definition) is 2. The fourth-order valence-corrected chi connectivity index (χ4v) is 4.28. The van der Waals surface area contributed by atoms with Gasteiger partial charge in [0, 0.05) is 32.1 Å². The summed E-state index contributed by atoms with van der Waals surface area (Å²) in [5, 5.41) is 5.97. The summed E-state index contributed by atoms with van der Waals surface area (Å²) in [7, 11) is -3.85. The molecule has 9 heteroatoms. The predicted molar refractivity (Wildman–Crippen MR) is 96.7 cm³/mol. The molecule has 0 spiro atoms. The number of carbonyl (C=O) groups excluding carboxylic acids is 1. The molecule has 0 saturated carbocycles. The summed E-state index contributed by atoms with van der Waals surface area (Å²) >= 11 is 0. The van der Waals surface area contributed by atoms with Gasteiger partial charge in [0.25, 0.3) is 0 Å². The van der Waals surface area contributed by atoms with Crippen molar-refractivity contribution in [3.8, 4) is 0 Å². The number of piperidine rings is 1. The minimum absolute atomic E-state index is 0. The molecule has 1 fully saturated rings. The van der Waals surface area contributed by atoms with Gasteiger partial charge in [0.2, 0.25) is 15.9 Å². The molecule has 0 unspecified atom stereocenters. The van der Waals surface area contributed by atoms with E-state index in [2.05, 4.69) is 10.6 Å². The van der Waals surface area contributed by atoms with Crippen LogP contribution in [-0.2, 0) is 14.8 Å². The van der Waals surface area contributed by atoms with Crippen molar-refractivity contribution in [2.24, 2.45) is 5.92 Å². The molecule has 1 saturated heterocycles. The Hall–Kier alpha value is -1.22. The maximum Gasteiger partial charge on any atom is 0.245 e. The molecular formula is C16H25ClFN3O3S. The van der Waals surface area contributed by atoms with Crippen LogP contribution in [0.3, 0.4) is 0 Å². The summed E-state index contributed by atoms with van der Waals surface area (Å²) in [6.45, 7) is 4.56. The maximum atomic E-state index is 13.8. The predicted octanol–water partition coefficient (Wildman–Crippen LogP) is 1.37. The van der Waals surface area contributed by atoms with Gasteiger partial charge in [-0.25, -0.2) is 12.8 Å². The van der Waals surface area contributed by atoms with Crippen LogP contribution < -0.4 is 10.6 Å². The molecule has 1 amide bonds. The molecule has 6 nitrogen and oxygen atoms in total. The quantitative estimate of drug-likeness (QED) is 0.686. The van der Waals surface area contributed by atoms with Crippen LogP contribution in [0.4, 0.5) is 4.39 Å². The highest BCUT2D eigenvalue weighted by Crippen LogP contribution is 2.25. The SMILES string of the molecule is CCNCCNC(=O)C1CCN(S(=O)(=O)c2ccccc2F)CC1.Cl. The number of amides is 1. The van der Waals surface area contributed by atoms with Crippen LogP contribution in [0, 0.1) is 11.7 Å².